The Morgan fingerprint density at radius 1 is 1.56 bits per heavy atom. The summed E-state index contributed by atoms with van der Waals surface area (Å²) in [5, 5.41) is 0. The summed E-state index contributed by atoms with van der Waals surface area (Å²) in [6, 6.07) is 0. The molecule has 2 nitrogen and oxygen atoms in total. The van der Waals surface area contributed by atoms with Crippen molar-refractivity contribution in [2.45, 2.75) is 12.8 Å². The zero-order chi connectivity index (χ0) is 6.69. The van der Waals surface area contributed by atoms with Crippen LogP contribution in [0, 0.1) is 0 Å². The van der Waals surface area contributed by atoms with E-state index in [0.717, 1.165) is 13.0 Å². The van der Waals surface area contributed by atoms with E-state index in [4.69, 9.17) is 0 Å². The fourth-order valence-electron chi connectivity index (χ4n) is 0.850. The van der Waals surface area contributed by atoms with Crippen molar-refractivity contribution in [2.75, 3.05) is 13.6 Å². The van der Waals surface area contributed by atoms with Gasteiger partial charge in [0.2, 0.25) is 5.91 Å². The molecule has 0 N–H and O–H groups in total. The molecule has 1 heterocycles. The number of carbonyl (C=O) groups excluding carboxylic acids is 1. The van der Waals surface area contributed by atoms with Gasteiger partial charge in [-0.15, -0.1) is 0 Å². The second kappa shape index (κ2) is 2.67. The van der Waals surface area contributed by atoms with Gasteiger partial charge in [-0.05, 0) is 6.42 Å². The zero-order valence-electron chi connectivity index (χ0n) is 5.63. The lowest BCUT2D eigenvalue weighted by Gasteiger charge is -2.11. The van der Waals surface area contributed by atoms with Gasteiger partial charge in [0.15, 0.2) is 0 Å². The quantitative estimate of drug-likeness (QED) is 0.438. The number of nitrogens with zero attached hydrogens (tertiary/aromatic N) is 1. The molecule has 0 spiro atoms. The molecule has 1 aliphatic heterocycles. The minimum absolute atomic E-state index is 0.250. The van der Waals surface area contributed by atoms with Crippen LogP contribution in [0.3, 0.4) is 0 Å². The molecule has 0 saturated heterocycles. The number of allylic oxidation sites excluding steroid dienone is 1. The van der Waals surface area contributed by atoms with E-state index in [9.17, 15) is 4.79 Å². The molecule has 0 aromatic carbocycles. The average Bonchev–Trinajstić information content (AvgIpc) is 1.99. The molecule has 0 aliphatic carbocycles. The van der Waals surface area contributed by atoms with Crippen molar-refractivity contribution in [1.29, 1.82) is 0 Å². The van der Waals surface area contributed by atoms with Crippen LogP contribution in [0.5, 0.6) is 0 Å². The van der Waals surface area contributed by atoms with Gasteiger partial charge < -0.3 is 4.90 Å². The maximum atomic E-state index is 10.9. The van der Waals surface area contributed by atoms with E-state index in [1.807, 2.05) is 13.1 Å². The minimum Gasteiger partial charge on any atom is -0.342 e. The Kier molecular flexibility index (Phi) is 1.88. The highest BCUT2D eigenvalue weighted by atomic mass is 16.2. The predicted molar refractivity (Wildman–Crippen MR) is 36.0 cm³/mol. The van der Waals surface area contributed by atoms with Gasteiger partial charge in [0.05, 0.1) is 0 Å². The lowest BCUT2D eigenvalue weighted by atomic mass is 10.3. The Morgan fingerprint density at radius 2 is 2.33 bits per heavy atom. The van der Waals surface area contributed by atoms with Gasteiger partial charge in [0.25, 0.3) is 0 Å². The van der Waals surface area contributed by atoms with Gasteiger partial charge in [-0.25, -0.2) is 0 Å². The number of hydrogen-bond donors (Lipinski definition) is 0. The first-order valence-corrected chi connectivity index (χ1v) is 3.19. The van der Waals surface area contributed by atoms with Gasteiger partial charge in [-0.2, -0.15) is 0 Å². The Hall–Kier alpha value is -0.790. The third kappa shape index (κ3) is 1.56. The Balaban J connectivity index is 2.52. The van der Waals surface area contributed by atoms with Crippen LogP contribution < -0.4 is 0 Å². The number of carbonyl (C=O) groups is 1. The minimum atomic E-state index is 0.250. The molecule has 0 saturated carbocycles. The van der Waals surface area contributed by atoms with Crippen molar-refractivity contribution >= 4 is 5.91 Å². The lowest BCUT2D eigenvalue weighted by Crippen LogP contribution is -2.24. The first-order chi connectivity index (χ1) is 4.30. The third-order valence-corrected chi connectivity index (χ3v) is 1.50. The second-order valence-electron chi connectivity index (χ2n) is 2.28. The van der Waals surface area contributed by atoms with Crippen molar-refractivity contribution in [2.24, 2.45) is 0 Å². The topological polar surface area (TPSA) is 20.3 Å². The maximum absolute atomic E-state index is 10.9. The summed E-state index contributed by atoms with van der Waals surface area (Å²) in [4.78, 5) is 12.6. The number of rotatable bonds is 0. The molecule has 50 valence electrons. The van der Waals surface area contributed by atoms with Crippen LogP contribution in [-0.2, 0) is 4.79 Å². The summed E-state index contributed by atoms with van der Waals surface area (Å²) in [5.74, 6) is 0.250. The maximum Gasteiger partial charge on any atom is 0.222 e. The first kappa shape index (κ1) is 6.33. The molecule has 9 heavy (non-hydrogen) atoms. The van der Waals surface area contributed by atoms with E-state index >= 15 is 0 Å². The Morgan fingerprint density at radius 3 is 3.11 bits per heavy atom. The molecule has 1 aliphatic rings. The highest BCUT2D eigenvalue weighted by Crippen LogP contribution is 2.01. The van der Waals surface area contributed by atoms with E-state index in [-0.39, 0.29) is 5.91 Å². The predicted octanol–water partition coefficient (Wildman–Crippen LogP) is 0.795. The fraction of sp³-hybridized carbons (Fsp3) is 0.571. The van der Waals surface area contributed by atoms with E-state index in [0.29, 0.717) is 6.42 Å². The van der Waals surface area contributed by atoms with Gasteiger partial charge in [-0.1, -0.05) is 12.2 Å². The van der Waals surface area contributed by atoms with Gasteiger partial charge in [0.1, 0.15) is 0 Å². The van der Waals surface area contributed by atoms with Crippen LogP contribution >= 0.6 is 0 Å². The van der Waals surface area contributed by atoms with Crippen molar-refractivity contribution < 1.29 is 4.79 Å². The summed E-state index contributed by atoms with van der Waals surface area (Å²) in [5.41, 5.74) is 0. The normalized spacial score (nSPS) is 20.1. The summed E-state index contributed by atoms with van der Waals surface area (Å²) < 4.78 is 0. The molecule has 2 heteroatoms. The lowest BCUT2D eigenvalue weighted by molar-refractivity contribution is -0.129. The fourth-order valence-corrected chi connectivity index (χ4v) is 0.850. The van der Waals surface area contributed by atoms with Crippen LogP contribution in [0.25, 0.3) is 0 Å². The summed E-state index contributed by atoms with van der Waals surface area (Å²) in [7, 11) is 1.83. The van der Waals surface area contributed by atoms with E-state index in [2.05, 4.69) is 6.08 Å². The molecular weight excluding hydrogens is 114 g/mol. The number of amides is 1. The standard InChI is InChI=1S/C7H11NO/c1-8-6-4-2-3-5-7(8)9/h2,4H,3,5-6H2,1H3. The number of likely N-dealkylation sites (N-methyl/N-ethyl adjacent to an activating group) is 1. The molecule has 0 bridgehead atoms. The summed E-state index contributed by atoms with van der Waals surface area (Å²) in [6.07, 6.45) is 5.67. The highest BCUT2D eigenvalue weighted by molar-refractivity contribution is 5.76. The van der Waals surface area contributed by atoms with Crippen LogP contribution in [0.1, 0.15) is 12.8 Å². The van der Waals surface area contributed by atoms with Crippen LogP contribution in [0.2, 0.25) is 0 Å². The molecule has 0 aromatic rings. The Bertz CT molecular complexity index is 140. The molecule has 1 rings (SSSR count). The molecule has 0 fully saturated rings. The monoisotopic (exact) mass is 125 g/mol. The van der Waals surface area contributed by atoms with Crippen molar-refractivity contribution in [1.82, 2.24) is 4.90 Å². The van der Waals surface area contributed by atoms with Crippen molar-refractivity contribution in [3.05, 3.63) is 12.2 Å². The second-order valence-corrected chi connectivity index (χ2v) is 2.28. The summed E-state index contributed by atoms with van der Waals surface area (Å²) >= 11 is 0. The van der Waals surface area contributed by atoms with E-state index in [1.54, 1.807) is 4.90 Å². The third-order valence-electron chi connectivity index (χ3n) is 1.50. The van der Waals surface area contributed by atoms with Crippen LogP contribution in [-0.4, -0.2) is 24.4 Å². The first-order valence-electron chi connectivity index (χ1n) is 3.19. The Labute approximate surface area is 55.2 Å². The van der Waals surface area contributed by atoms with Crippen LogP contribution in [0.15, 0.2) is 12.2 Å². The summed E-state index contributed by atoms with van der Waals surface area (Å²) in [6.45, 7) is 0.777. The smallest absolute Gasteiger partial charge is 0.222 e. The van der Waals surface area contributed by atoms with Gasteiger partial charge in [-0.3, -0.25) is 4.79 Å². The molecule has 1 amide bonds. The van der Waals surface area contributed by atoms with Crippen LogP contribution in [0.4, 0.5) is 0 Å². The zero-order valence-corrected chi connectivity index (χ0v) is 5.63. The van der Waals surface area contributed by atoms with Gasteiger partial charge in [0, 0.05) is 20.0 Å². The van der Waals surface area contributed by atoms with Crippen molar-refractivity contribution in [3.8, 4) is 0 Å². The highest BCUT2D eigenvalue weighted by Gasteiger charge is 2.07. The largest absolute Gasteiger partial charge is 0.342 e. The SMILES string of the molecule is CN1CC=CCCC1=O. The van der Waals surface area contributed by atoms with Gasteiger partial charge >= 0.3 is 0 Å². The molecule has 0 aromatic heterocycles. The van der Waals surface area contributed by atoms with E-state index in [1.165, 1.54) is 0 Å². The van der Waals surface area contributed by atoms with Crippen molar-refractivity contribution in [3.63, 3.8) is 0 Å². The average molecular weight is 125 g/mol. The molecule has 0 unspecified atom stereocenters. The molecule has 0 radical (unpaired) electrons. The molecule has 0 atom stereocenters. The molecular formula is C7H11NO. The number of hydrogen-bond acceptors (Lipinski definition) is 1. The van der Waals surface area contributed by atoms with E-state index < -0.39 is 0 Å².